The van der Waals surface area contributed by atoms with Gasteiger partial charge in [0.15, 0.2) is 0 Å². The van der Waals surface area contributed by atoms with E-state index in [0.717, 1.165) is 42.1 Å². The fourth-order valence-corrected chi connectivity index (χ4v) is 5.15. The van der Waals surface area contributed by atoms with Crippen molar-refractivity contribution in [1.82, 2.24) is 20.1 Å². The van der Waals surface area contributed by atoms with Crippen molar-refractivity contribution in [2.24, 2.45) is 5.92 Å². The maximum Gasteiger partial charge on any atom is 0.225 e. The lowest BCUT2D eigenvalue weighted by Crippen LogP contribution is -2.46. The van der Waals surface area contributed by atoms with Crippen LogP contribution < -0.4 is 5.32 Å². The highest BCUT2D eigenvalue weighted by molar-refractivity contribution is 5.84. The van der Waals surface area contributed by atoms with Crippen molar-refractivity contribution in [3.05, 3.63) is 36.0 Å². The predicted octanol–water partition coefficient (Wildman–Crippen LogP) is 2.47. The number of nitrogens with one attached hydrogen (secondary N) is 2. The highest BCUT2D eigenvalue weighted by Gasteiger charge is 2.38. The van der Waals surface area contributed by atoms with E-state index in [2.05, 4.69) is 16.4 Å². The highest BCUT2D eigenvalue weighted by Crippen LogP contribution is 2.31. The summed E-state index contributed by atoms with van der Waals surface area (Å²) in [5, 5.41) is 4.17. The van der Waals surface area contributed by atoms with E-state index in [4.69, 9.17) is 0 Å². The fraction of sp³-hybridized carbons (Fsp3) is 0.542. The molecule has 1 aliphatic heterocycles. The molecule has 2 atom stereocenters. The monoisotopic (exact) mass is 424 g/mol. The number of aromatic nitrogens is 1. The number of carbonyl (C=O) groups excluding carboxylic acids is 3. The Balaban J connectivity index is 1.40. The number of rotatable bonds is 3. The average molecular weight is 425 g/mol. The molecule has 4 rings (SSSR count). The van der Waals surface area contributed by atoms with E-state index in [9.17, 15) is 14.4 Å². The molecular formula is C24H32N4O3. The Labute approximate surface area is 183 Å². The zero-order valence-corrected chi connectivity index (χ0v) is 18.2. The van der Waals surface area contributed by atoms with Crippen LogP contribution in [-0.4, -0.2) is 64.7 Å². The van der Waals surface area contributed by atoms with Gasteiger partial charge in [-0.1, -0.05) is 24.6 Å². The molecular weight excluding hydrogens is 392 g/mol. The first-order valence-electron chi connectivity index (χ1n) is 11.4. The molecule has 2 N–H and O–H groups in total. The Morgan fingerprint density at radius 1 is 1.10 bits per heavy atom. The number of carbonyl (C=O) groups is 3. The van der Waals surface area contributed by atoms with Crippen LogP contribution in [0, 0.1) is 5.92 Å². The standard InChI is InChI=1S/C24H32N4O3/c1-17(29)28-14-5-13-27(15-12-25-24(31)20-7-4-9-22(20)28)23(30)11-10-18-16-26-21-8-3-2-6-19(18)21/h2-3,6,8,16,20,22,26H,4-5,7,9-15H2,1H3,(H,25,31)/t20-,22+/m1/s1. The molecule has 2 aromatic rings. The van der Waals surface area contributed by atoms with Gasteiger partial charge < -0.3 is 20.1 Å². The van der Waals surface area contributed by atoms with Crippen LogP contribution in [0.2, 0.25) is 0 Å². The lowest BCUT2D eigenvalue weighted by atomic mass is 10.0. The summed E-state index contributed by atoms with van der Waals surface area (Å²) in [7, 11) is 0. The first-order valence-corrected chi connectivity index (χ1v) is 11.4. The Morgan fingerprint density at radius 2 is 1.94 bits per heavy atom. The number of nitrogens with zero attached hydrogens (tertiary/aromatic N) is 2. The minimum absolute atomic E-state index is 0.0124. The molecule has 7 nitrogen and oxygen atoms in total. The number of para-hydroxylation sites is 1. The van der Waals surface area contributed by atoms with Gasteiger partial charge in [-0.25, -0.2) is 0 Å². The van der Waals surface area contributed by atoms with Gasteiger partial charge >= 0.3 is 0 Å². The quantitative estimate of drug-likeness (QED) is 0.794. The van der Waals surface area contributed by atoms with E-state index < -0.39 is 0 Å². The van der Waals surface area contributed by atoms with Gasteiger partial charge in [-0.2, -0.15) is 0 Å². The molecule has 0 unspecified atom stereocenters. The fourth-order valence-electron chi connectivity index (χ4n) is 5.15. The summed E-state index contributed by atoms with van der Waals surface area (Å²) < 4.78 is 0. The van der Waals surface area contributed by atoms with E-state index >= 15 is 0 Å². The summed E-state index contributed by atoms with van der Waals surface area (Å²) in [4.78, 5) is 44.9. The Morgan fingerprint density at radius 3 is 2.77 bits per heavy atom. The van der Waals surface area contributed by atoms with Crippen LogP contribution in [-0.2, 0) is 20.8 Å². The number of hydrogen-bond acceptors (Lipinski definition) is 3. The summed E-state index contributed by atoms with van der Waals surface area (Å²) in [6.45, 7) is 3.74. The summed E-state index contributed by atoms with van der Waals surface area (Å²) in [5.74, 6) is -0.00984. The molecule has 7 heteroatoms. The summed E-state index contributed by atoms with van der Waals surface area (Å²) in [6, 6.07) is 8.10. The predicted molar refractivity (Wildman–Crippen MR) is 119 cm³/mol. The maximum atomic E-state index is 13.0. The topological polar surface area (TPSA) is 85.5 Å². The minimum atomic E-state index is -0.131. The number of aryl methyl sites for hydroxylation is 1. The van der Waals surface area contributed by atoms with Crippen LogP contribution in [0.4, 0.5) is 0 Å². The van der Waals surface area contributed by atoms with Crippen molar-refractivity contribution >= 4 is 28.6 Å². The first-order chi connectivity index (χ1) is 15.0. The third kappa shape index (κ3) is 4.75. The zero-order chi connectivity index (χ0) is 21.8. The van der Waals surface area contributed by atoms with E-state index in [1.165, 1.54) is 0 Å². The van der Waals surface area contributed by atoms with Crippen molar-refractivity contribution in [3.63, 3.8) is 0 Å². The second-order valence-electron chi connectivity index (χ2n) is 8.70. The van der Waals surface area contributed by atoms with Gasteiger partial charge in [-0.15, -0.1) is 0 Å². The Kier molecular flexibility index (Phi) is 6.59. The summed E-state index contributed by atoms with van der Waals surface area (Å²) in [6.07, 6.45) is 6.50. The number of benzene rings is 1. The van der Waals surface area contributed by atoms with Gasteiger partial charge in [0, 0.05) is 62.7 Å². The molecule has 1 saturated heterocycles. The molecule has 0 radical (unpaired) electrons. The van der Waals surface area contributed by atoms with Gasteiger partial charge in [-0.05, 0) is 37.3 Å². The number of H-pyrrole nitrogens is 1. The van der Waals surface area contributed by atoms with Gasteiger partial charge in [0.25, 0.3) is 0 Å². The lowest BCUT2D eigenvalue weighted by molar-refractivity contribution is -0.134. The Bertz CT molecular complexity index is 953. The average Bonchev–Trinajstić information content (AvgIpc) is 3.40. The van der Waals surface area contributed by atoms with Crippen molar-refractivity contribution in [1.29, 1.82) is 0 Å². The molecule has 1 saturated carbocycles. The summed E-state index contributed by atoms with van der Waals surface area (Å²) in [5.41, 5.74) is 2.23. The highest BCUT2D eigenvalue weighted by atomic mass is 16.2. The number of hydrogen-bond donors (Lipinski definition) is 2. The van der Waals surface area contributed by atoms with Crippen LogP contribution >= 0.6 is 0 Å². The number of fused-ring (bicyclic) bond motifs is 2. The van der Waals surface area contributed by atoms with Crippen LogP contribution in [0.3, 0.4) is 0 Å². The first kappa shape index (κ1) is 21.4. The molecule has 3 amide bonds. The summed E-state index contributed by atoms with van der Waals surface area (Å²) >= 11 is 0. The SMILES string of the molecule is CC(=O)N1CCCN(C(=O)CCc2c[nH]c3ccccc23)CCNC(=O)[C@@H]2CCC[C@@H]21. The minimum Gasteiger partial charge on any atom is -0.361 e. The molecule has 2 aliphatic rings. The van der Waals surface area contributed by atoms with Gasteiger partial charge in [0.1, 0.15) is 0 Å². The van der Waals surface area contributed by atoms with Crippen LogP contribution in [0.15, 0.2) is 30.5 Å². The number of aromatic amines is 1. The van der Waals surface area contributed by atoms with Crippen LogP contribution in [0.1, 0.15) is 44.6 Å². The molecule has 2 fully saturated rings. The lowest BCUT2D eigenvalue weighted by Gasteiger charge is -2.31. The second kappa shape index (κ2) is 9.54. The third-order valence-corrected chi connectivity index (χ3v) is 6.76. The smallest absolute Gasteiger partial charge is 0.225 e. The molecule has 166 valence electrons. The molecule has 0 bridgehead atoms. The molecule has 1 aromatic carbocycles. The third-order valence-electron chi connectivity index (χ3n) is 6.76. The van der Waals surface area contributed by atoms with Crippen molar-refractivity contribution in [2.75, 3.05) is 26.2 Å². The Hall–Kier alpha value is -2.83. The maximum absolute atomic E-state index is 13.0. The molecule has 2 heterocycles. The molecule has 31 heavy (non-hydrogen) atoms. The van der Waals surface area contributed by atoms with Crippen molar-refractivity contribution in [2.45, 2.75) is 51.5 Å². The van der Waals surface area contributed by atoms with Crippen LogP contribution in [0.5, 0.6) is 0 Å². The van der Waals surface area contributed by atoms with Crippen molar-refractivity contribution < 1.29 is 14.4 Å². The van der Waals surface area contributed by atoms with E-state index in [1.54, 1.807) is 6.92 Å². The molecule has 1 aliphatic carbocycles. The second-order valence-corrected chi connectivity index (χ2v) is 8.70. The van der Waals surface area contributed by atoms with E-state index in [0.29, 0.717) is 39.0 Å². The van der Waals surface area contributed by atoms with Gasteiger partial charge in [-0.3, -0.25) is 14.4 Å². The zero-order valence-electron chi connectivity index (χ0n) is 18.2. The molecule has 0 spiro atoms. The van der Waals surface area contributed by atoms with Gasteiger partial charge in [0.05, 0.1) is 5.92 Å². The van der Waals surface area contributed by atoms with Crippen LogP contribution in [0.25, 0.3) is 10.9 Å². The van der Waals surface area contributed by atoms with Gasteiger partial charge in [0.2, 0.25) is 17.7 Å². The van der Waals surface area contributed by atoms with E-state index in [1.807, 2.05) is 34.2 Å². The largest absolute Gasteiger partial charge is 0.361 e. The number of amides is 3. The van der Waals surface area contributed by atoms with Crippen molar-refractivity contribution in [3.8, 4) is 0 Å². The molecule has 1 aromatic heterocycles. The van der Waals surface area contributed by atoms with E-state index in [-0.39, 0.29) is 29.7 Å². The normalized spacial score (nSPS) is 22.7.